The first-order valence-corrected chi connectivity index (χ1v) is 7.06. The van der Waals surface area contributed by atoms with Gasteiger partial charge in [0.2, 0.25) is 0 Å². The number of nitrogens with zero attached hydrogens (tertiary/aromatic N) is 2. The molecule has 0 bridgehead atoms. The Hall–Kier alpha value is -1.04. The lowest BCUT2D eigenvalue weighted by molar-refractivity contribution is 0.240. The van der Waals surface area contributed by atoms with Crippen LogP contribution in [0.25, 0.3) is 0 Å². The Morgan fingerprint density at radius 2 is 2.00 bits per heavy atom. The van der Waals surface area contributed by atoms with Gasteiger partial charge < -0.3 is 10.6 Å². The Morgan fingerprint density at radius 3 is 2.56 bits per heavy atom. The number of carbonyl (C=O) groups excluding carboxylic acids is 1. The molecule has 0 unspecified atom stereocenters. The van der Waals surface area contributed by atoms with Crippen molar-refractivity contribution in [1.82, 2.24) is 20.4 Å². The molecule has 0 atom stereocenters. The predicted octanol–water partition coefficient (Wildman–Crippen LogP) is 2.36. The Kier molecular flexibility index (Phi) is 6.18. The molecule has 18 heavy (non-hydrogen) atoms. The van der Waals surface area contributed by atoms with Crippen molar-refractivity contribution in [3.8, 4) is 0 Å². The lowest BCUT2D eigenvalue weighted by atomic mass is 10.3. The van der Waals surface area contributed by atoms with Crippen molar-refractivity contribution in [2.45, 2.75) is 40.2 Å². The first kappa shape index (κ1) is 15.0. The van der Waals surface area contributed by atoms with Gasteiger partial charge in [-0.2, -0.15) is 5.10 Å². The monoisotopic (exact) mass is 316 g/mol. The number of nitrogens with one attached hydrogen (secondary N) is 2. The van der Waals surface area contributed by atoms with E-state index in [1.165, 1.54) is 0 Å². The largest absolute Gasteiger partial charge is 0.338 e. The third-order valence-electron chi connectivity index (χ3n) is 2.72. The predicted molar refractivity (Wildman–Crippen MR) is 75.7 cm³/mol. The number of amides is 2. The fourth-order valence-electron chi connectivity index (χ4n) is 1.61. The maximum absolute atomic E-state index is 11.4. The van der Waals surface area contributed by atoms with Crippen LogP contribution in [-0.2, 0) is 6.54 Å². The molecule has 0 aliphatic heterocycles. The SMILES string of the molecule is CCCCNC(=O)NCCn1nc(C)c(Br)c1C. The number of halogens is 1. The maximum Gasteiger partial charge on any atom is 0.314 e. The van der Waals surface area contributed by atoms with E-state index in [4.69, 9.17) is 0 Å². The summed E-state index contributed by atoms with van der Waals surface area (Å²) in [7, 11) is 0. The Morgan fingerprint density at radius 1 is 1.33 bits per heavy atom. The molecule has 2 N–H and O–H groups in total. The van der Waals surface area contributed by atoms with Crippen LogP contribution in [0.15, 0.2) is 4.47 Å². The van der Waals surface area contributed by atoms with Crippen LogP contribution in [0.4, 0.5) is 4.79 Å². The minimum atomic E-state index is -0.107. The van der Waals surface area contributed by atoms with Crippen LogP contribution in [0, 0.1) is 13.8 Å². The molecule has 2 amide bonds. The van der Waals surface area contributed by atoms with Gasteiger partial charge in [0, 0.05) is 18.8 Å². The van der Waals surface area contributed by atoms with Crippen LogP contribution in [0.2, 0.25) is 0 Å². The highest BCUT2D eigenvalue weighted by atomic mass is 79.9. The lowest BCUT2D eigenvalue weighted by Crippen LogP contribution is -2.37. The van der Waals surface area contributed by atoms with Gasteiger partial charge in [0.05, 0.1) is 16.7 Å². The van der Waals surface area contributed by atoms with E-state index in [0.29, 0.717) is 13.1 Å². The third kappa shape index (κ3) is 4.33. The Labute approximate surface area is 116 Å². The van der Waals surface area contributed by atoms with Gasteiger partial charge in [-0.25, -0.2) is 4.79 Å². The van der Waals surface area contributed by atoms with E-state index in [1.807, 2.05) is 18.5 Å². The highest BCUT2D eigenvalue weighted by Crippen LogP contribution is 2.19. The van der Waals surface area contributed by atoms with Crippen molar-refractivity contribution in [1.29, 1.82) is 0 Å². The molecule has 1 aromatic heterocycles. The van der Waals surface area contributed by atoms with E-state index in [1.54, 1.807) is 0 Å². The first-order chi connectivity index (χ1) is 8.56. The second-order valence-corrected chi connectivity index (χ2v) is 5.04. The zero-order valence-corrected chi connectivity index (χ0v) is 12.8. The average molecular weight is 317 g/mol. The van der Waals surface area contributed by atoms with Crippen LogP contribution >= 0.6 is 15.9 Å². The average Bonchev–Trinajstić information content (AvgIpc) is 2.57. The number of urea groups is 1. The summed E-state index contributed by atoms with van der Waals surface area (Å²) in [5, 5.41) is 10.0. The summed E-state index contributed by atoms with van der Waals surface area (Å²) in [6.07, 6.45) is 2.10. The minimum Gasteiger partial charge on any atom is -0.338 e. The highest BCUT2D eigenvalue weighted by molar-refractivity contribution is 9.10. The molecular weight excluding hydrogens is 296 g/mol. The minimum absolute atomic E-state index is 0.107. The molecule has 0 spiro atoms. The van der Waals surface area contributed by atoms with Gasteiger partial charge in [0.25, 0.3) is 0 Å². The molecule has 102 valence electrons. The van der Waals surface area contributed by atoms with Crippen LogP contribution in [-0.4, -0.2) is 28.9 Å². The van der Waals surface area contributed by atoms with E-state index < -0.39 is 0 Å². The standard InChI is InChI=1S/C12H21BrN4O/c1-4-5-6-14-12(18)15-7-8-17-10(3)11(13)9(2)16-17/h4-8H2,1-3H3,(H2,14,15,18). The molecule has 1 heterocycles. The molecule has 0 saturated heterocycles. The third-order valence-corrected chi connectivity index (χ3v) is 3.87. The molecule has 0 saturated carbocycles. The number of unbranched alkanes of at least 4 members (excludes halogenated alkanes) is 1. The molecule has 1 rings (SSSR count). The number of aryl methyl sites for hydroxylation is 1. The molecule has 0 fully saturated rings. The number of rotatable bonds is 6. The zero-order chi connectivity index (χ0) is 13.5. The summed E-state index contributed by atoms with van der Waals surface area (Å²) in [4.78, 5) is 11.4. The molecule has 1 aromatic rings. The van der Waals surface area contributed by atoms with Gasteiger partial charge in [-0.1, -0.05) is 13.3 Å². The maximum atomic E-state index is 11.4. The van der Waals surface area contributed by atoms with Crippen LogP contribution in [0.1, 0.15) is 31.2 Å². The molecular formula is C12H21BrN4O. The van der Waals surface area contributed by atoms with Crippen molar-refractivity contribution >= 4 is 22.0 Å². The second-order valence-electron chi connectivity index (χ2n) is 4.24. The van der Waals surface area contributed by atoms with Crippen molar-refractivity contribution in [2.24, 2.45) is 0 Å². The highest BCUT2D eigenvalue weighted by Gasteiger charge is 2.08. The molecule has 6 heteroatoms. The molecule has 0 aliphatic carbocycles. The summed E-state index contributed by atoms with van der Waals surface area (Å²) >= 11 is 3.48. The molecule has 0 aromatic carbocycles. The van der Waals surface area contributed by atoms with E-state index in [9.17, 15) is 4.79 Å². The van der Waals surface area contributed by atoms with E-state index in [0.717, 1.165) is 35.2 Å². The quantitative estimate of drug-likeness (QED) is 0.791. The number of carbonyl (C=O) groups is 1. The summed E-state index contributed by atoms with van der Waals surface area (Å²) in [5.41, 5.74) is 2.06. The fourth-order valence-corrected chi connectivity index (χ4v) is 1.89. The second kappa shape index (κ2) is 7.41. The van der Waals surface area contributed by atoms with E-state index in [-0.39, 0.29) is 6.03 Å². The Balaban J connectivity index is 2.29. The normalized spacial score (nSPS) is 10.4. The van der Waals surface area contributed by atoms with Crippen molar-refractivity contribution in [3.05, 3.63) is 15.9 Å². The van der Waals surface area contributed by atoms with E-state index >= 15 is 0 Å². The zero-order valence-electron chi connectivity index (χ0n) is 11.2. The van der Waals surface area contributed by atoms with Crippen LogP contribution < -0.4 is 10.6 Å². The fraction of sp³-hybridized carbons (Fsp3) is 0.667. The van der Waals surface area contributed by atoms with Gasteiger partial charge >= 0.3 is 6.03 Å². The van der Waals surface area contributed by atoms with Gasteiger partial charge in [-0.3, -0.25) is 4.68 Å². The number of hydrogen-bond acceptors (Lipinski definition) is 2. The van der Waals surface area contributed by atoms with Crippen LogP contribution in [0.3, 0.4) is 0 Å². The van der Waals surface area contributed by atoms with Crippen molar-refractivity contribution < 1.29 is 4.79 Å². The van der Waals surface area contributed by atoms with E-state index in [2.05, 4.69) is 38.6 Å². The topological polar surface area (TPSA) is 59.0 Å². The molecule has 0 radical (unpaired) electrons. The molecule has 0 aliphatic rings. The first-order valence-electron chi connectivity index (χ1n) is 6.27. The smallest absolute Gasteiger partial charge is 0.314 e. The Bertz CT molecular complexity index is 403. The summed E-state index contributed by atoms with van der Waals surface area (Å²) < 4.78 is 2.93. The van der Waals surface area contributed by atoms with Gasteiger partial charge in [0.15, 0.2) is 0 Å². The van der Waals surface area contributed by atoms with Crippen molar-refractivity contribution in [2.75, 3.05) is 13.1 Å². The summed E-state index contributed by atoms with van der Waals surface area (Å²) in [6.45, 7) is 8.05. The molecule has 5 nitrogen and oxygen atoms in total. The summed E-state index contributed by atoms with van der Waals surface area (Å²) in [5.74, 6) is 0. The number of hydrogen-bond donors (Lipinski definition) is 2. The van der Waals surface area contributed by atoms with Crippen molar-refractivity contribution in [3.63, 3.8) is 0 Å². The van der Waals surface area contributed by atoms with Gasteiger partial charge in [-0.15, -0.1) is 0 Å². The lowest BCUT2D eigenvalue weighted by Gasteiger charge is -2.08. The van der Waals surface area contributed by atoms with Gasteiger partial charge in [0.1, 0.15) is 0 Å². The summed E-state index contributed by atoms with van der Waals surface area (Å²) in [6, 6.07) is -0.107. The number of aromatic nitrogens is 2. The van der Waals surface area contributed by atoms with Crippen LogP contribution in [0.5, 0.6) is 0 Å². The van der Waals surface area contributed by atoms with Gasteiger partial charge in [-0.05, 0) is 36.2 Å².